The maximum atomic E-state index is 12.2. The fraction of sp³-hybridized carbons (Fsp3) is 0.263. The van der Waals surface area contributed by atoms with Crippen LogP contribution in [-0.4, -0.2) is 34.1 Å². The Morgan fingerprint density at radius 1 is 1.04 bits per heavy atom. The van der Waals surface area contributed by atoms with E-state index >= 15 is 0 Å². The van der Waals surface area contributed by atoms with Crippen LogP contribution in [0.25, 0.3) is 11.4 Å². The molecule has 7 nitrogen and oxygen atoms in total. The van der Waals surface area contributed by atoms with E-state index in [2.05, 4.69) is 25.3 Å². The van der Waals surface area contributed by atoms with Crippen LogP contribution in [0.1, 0.15) is 29.9 Å². The molecular formula is C19H19N5O2. The first-order valence-corrected chi connectivity index (χ1v) is 8.71. The van der Waals surface area contributed by atoms with Gasteiger partial charge in [-0.3, -0.25) is 4.79 Å². The molecule has 2 aromatic heterocycles. The predicted molar refractivity (Wildman–Crippen MR) is 98.0 cm³/mol. The molecule has 1 N–H and O–H groups in total. The fourth-order valence-electron chi connectivity index (χ4n) is 2.97. The Balaban J connectivity index is 1.46. The van der Waals surface area contributed by atoms with E-state index in [0.717, 1.165) is 18.9 Å². The first-order valence-electron chi connectivity index (χ1n) is 8.71. The van der Waals surface area contributed by atoms with Crippen LogP contribution >= 0.6 is 0 Å². The number of nitrogens with one attached hydrogen (secondary N) is 1. The second-order valence-electron chi connectivity index (χ2n) is 6.20. The van der Waals surface area contributed by atoms with Gasteiger partial charge in [-0.2, -0.15) is 4.98 Å². The van der Waals surface area contributed by atoms with Crippen LogP contribution in [0.3, 0.4) is 0 Å². The lowest BCUT2D eigenvalue weighted by Gasteiger charge is -2.27. The van der Waals surface area contributed by atoms with Gasteiger partial charge in [0, 0.05) is 30.5 Å². The van der Waals surface area contributed by atoms with Crippen LogP contribution in [0.5, 0.6) is 0 Å². The van der Waals surface area contributed by atoms with Crippen molar-refractivity contribution in [2.24, 2.45) is 0 Å². The van der Waals surface area contributed by atoms with E-state index in [4.69, 9.17) is 4.52 Å². The van der Waals surface area contributed by atoms with Gasteiger partial charge in [0.25, 0.3) is 0 Å². The minimum absolute atomic E-state index is 0.0797. The summed E-state index contributed by atoms with van der Waals surface area (Å²) in [4.78, 5) is 23.1. The lowest BCUT2D eigenvalue weighted by atomic mass is 10.1. The first kappa shape index (κ1) is 16.3. The van der Waals surface area contributed by atoms with E-state index in [9.17, 15) is 4.79 Å². The zero-order valence-corrected chi connectivity index (χ0v) is 14.3. The second-order valence-corrected chi connectivity index (χ2v) is 6.20. The van der Waals surface area contributed by atoms with Gasteiger partial charge >= 0.3 is 11.8 Å². The van der Waals surface area contributed by atoms with Gasteiger partial charge in [0.2, 0.25) is 5.82 Å². The Morgan fingerprint density at radius 2 is 1.85 bits per heavy atom. The molecule has 0 spiro atoms. The van der Waals surface area contributed by atoms with Gasteiger partial charge in [0.1, 0.15) is 5.82 Å². The summed E-state index contributed by atoms with van der Waals surface area (Å²) >= 11 is 0. The van der Waals surface area contributed by atoms with E-state index in [1.807, 2.05) is 30.3 Å². The molecule has 3 aromatic rings. The van der Waals surface area contributed by atoms with Crippen LogP contribution in [0.2, 0.25) is 0 Å². The number of rotatable bonds is 4. The van der Waals surface area contributed by atoms with Crippen molar-refractivity contribution < 1.29 is 9.32 Å². The van der Waals surface area contributed by atoms with Crippen molar-refractivity contribution >= 4 is 17.4 Å². The van der Waals surface area contributed by atoms with Crippen molar-refractivity contribution in [2.75, 3.05) is 23.3 Å². The van der Waals surface area contributed by atoms with Gasteiger partial charge in [0.15, 0.2) is 0 Å². The van der Waals surface area contributed by atoms with Gasteiger partial charge in [-0.25, -0.2) is 4.98 Å². The summed E-state index contributed by atoms with van der Waals surface area (Å²) < 4.78 is 5.09. The van der Waals surface area contributed by atoms with Crippen molar-refractivity contribution in [3.63, 3.8) is 0 Å². The maximum absolute atomic E-state index is 12.2. The summed E-state index contributed by atoms with van der Waals surface area (Å²) in [7, 11) is 0. The highest BCUT2D eigenvalue weighted by molar-refractivity contribution is 6.01. The van der Waals surface area contributed by atoms with Gasteiger partial charge in [0.05, 0.1) is 0 Å². The van der Waals surface area contributed by atoms with Crippen LogP contribution < -0.4 is 10.2 Å². The molecule has 1 amide bonds. The molecule has 4 rings (SSSR count). The summed E-state index contributed by atoms with van der Waals surface area (Å²) in [6.07, 6.45) is 5.40. The van der Waals surface area contributed by atoms with Crippen molar-refractivity contribution in [3.05, 3.63) is 54.6 Å². The molecule has 1 fully saturated rings. The summed E-state index contributed by atoms with van der Waals surface area (Å²) in [5.74, 6) is 0.789. The van der Waals surface area contributed by atoms with E-state index in [1.165, 1.54) is 19.3 Å². The quantitative estimate of drug-likeness (QED) is 0.777. The molecule has 132 valence electrons. The topological polar surface area (TPSA) is 84.2 Å². The smallest absolute Gasteiger partial charge is 0.316 e. The van der Waals surface area contributed by atoms with Crippen LogP contribution in [0, 0.1) is 0 Å². The molecule has 7 heteroatoms. The number of carbonyl (C=O) groups is 1. The number of nitrogens with zero attached hydrogens (tertiary/aromatic N) is 4. The average Bonchev–Trinajstić information content (AvgIpc) is 3.20. The molecule has 0 bridgehead atoms. The number of anilines is 2. The third kappa shape index (κ3) is 3.56. The molecule has 26 heavy (non-hydrogen) atoms. The largest absolute Gasteiger partial charge is 0.357 e. The van der Waals surface area contributed by atoms with Gasteiger partial charge in [-0.15, -0.1) is 0 Å². The maximum Gasteiger partial charge on any atom is 0.316 e. The Labute approximate surface area is 151 Å². The number of carbonyl (C=O) groups excluding carboxylic acids is 1. The molecule has 0 unspecified atom stereocenters. The van der Waals surface area contributed by atoms with Crippen molar-refractivity contribution in [1.29, 1.82) is 0 Å². The molecule has 0 atom stereocenters. The zero-order valence-electron chi connectivity index (χ0n) is 14.3. The molecule has 0 radical (unpaired) electrons. The standard InChI is InChI=1S/C19H19N5O2/c25-18(21-15-7-3-1-4-8-15)19-22-17(23-26-19)14-9-10-16(20-13-14)24-11-5-2-6-12-24/h1,3-4,7-10,13H,2,5-6,11-12H2,(H,21,25). The first-order chi connectivity index (χ1) is 12.8. The van der Waals surface area contributed by atoms with E-state index < -0.39 is 5.91 Å². The number of pyridine rings is 1. The number of amides is 1. The van der Waals surface area contributed by atoms with Crippen LogP contribution in [0.15, 0.2) is 53.2 Å². The number of benzene rings is 1. The lowest BCUT2D eigenvalue weighted by Crippen LogP contribution is -2.29. The Bertz CT molecular complexity index is 870. The normalized spacial score (nSPS) is 14.2. The highest BCUT2D eigenvalue weighted by Gasteiger charge is 2.17. The van der Waals surface area contributed by atoms with Gasteiger partial charge in [-0.1, -0.05) is 23.4 Å². The van der Waals surface area contributed by atoms with E-state index in [-0.39, 0.29) is 5.89 Å². The molecule has 1 aliphatic heterocycles. The summed E-state index contributed by atoms with van der Waals surface area (Å²) in [5.41, 5.74) is 1.39. The SMILES string of the molecule is O=C(Nc1ccccc1)c1nc(-c2ccc(N3CCCCC3)nc2)no1. The third-order valence-electron chi connectivity index (χ3n) is 4.34. The minimum Gasteiger partial charge on any atom is -0.357 e. The number of piperidine rings is 1. The third-order valence-corrected chi connectivity index (χ3v) is 4.34. The van der Waals surface area contributed by atoms with E-state index in [0.29, 0.717) is 17.1 Å². The number of aromatic nitrogens is 3. The highest BCUT2D eigenvalue weighted by Crippen LogP contribution is 2.21. The Morgan fingerprint density at radius 3 is 2.58 bits per heavy atom. The second kappa shape index (κ2) is 7.35. The van der Waals surface area contributed by atoms with Gasteiger partial charge < -0.3 is 14.7 Å². The fourth-order valence-corrected chi connectivity index (χ4v) is 2.97. The molecule has 1 saturated heterocycles. The van der Waals surface area contributed by atoms with Crippen molar-refractivity contribution in [3.8, 4) is 11.4 Å². The molecule has 1 aliphatic rings. The monoisotopic (exact) mass is 349 g/mol. The van der Waals surface area contributed by atoms with Crippen LogP contribution in [0.4, 0.5) is 11.5 Å². The lowest BCUT2D eigenvalue weighted by molar-refractivity contribution is 0.0981. The summed E-state index contributed by atoms with van der Waals surface area (Å²) in [6.45, 7) is 2.08. The van der Waals surface area contributed by atoms with Crippen LogP contribution in [-0.2, 0) is 0 Å². The number of para-hydroxylation sites is 1. The van der Waals surface area contributed by atoms with Crippen molar-refractivity contribution in [2.45, 2.75) is 19.3 Å². The minimum atomic E-state index is -0.437. The highest BCUT2D eigenvalue weighted by atomic mass is 16.5. The molecule has 1 aromatic carbocycles. The van der Waals surface area contributed by atoms with Crippen molar-refractivity contribution in [1.82, 2.24) is 15.1 Å². The zero-order chi connectivity index (χ0) is 17.8. The summed E-state index contributed by atoms with van der Waals surface area (Å²) in [5, 5.41) is 6.61. The Hall–Kier alpha value is -3.22. The summed E-state index contributed by atoms with van der Waals surface area (Å²) in [6, 6.07) is 13.0. The van der Waals surface area contributed by atoms with Gasteiger partial charge in [-0.05, 0) is 43.5 Å². The average molecular weight is 349 g/mol. The molecule has 0 aliphatic carbocycles. The number of hydrogen-bond acceptors (Lipinski definition) is 6. The number of hydrogen-bond donors (Lipinski definition) is 1. The Kier molecular flexibility index (Phi) is 4.59. The predicted octanol–water partition coefficient (Wildman–Crippen LogP) is 3.37. The molecule has 0 saturated carbocycles. The van der Waals surface area contributed by atoms with E-state index in [1.54, 1.807) is 18.3 Å². The molecule has 3 heterocycles. The molecular weight excluding hydrogens is 330 g/mol.